The maximum atomic E-state index is 13.4. The predicted octanol–water partition coefficient (Wildman–Crippen LogP) is 7.08. The third kappa shape index (κ3) is 4.74. The molecule has 190 valence electrons. The molecule has 0 spiro atoms. The average molecular weight is 526 g/mol. The van der Waals surface area contributed by atoms with Crippen LogP contribution in [0.15, 0.2) is 103 Å². The Morgan fingerprint density at radius 1 is 0.868 bits per heavy atom. The number of benzene rings is 4. The number of halogens is 1. The fourth-order valence-electron chi connectivity index (χ4n) is 4.46. The van der Waals surface area contributed by atoms with Crippen LogP contribution >= 0.6 is 11.6 Å². The SMILES string of the molecule is COc1ccc(/C(O)=C2\C(=O)C(=O)N(c3ccc(C)cc3)C2c2cccc(Oc3ccccc3)c2)cc1Cl. The second kappa shape index (κ2) is 10.4. The molecule has 1 aliphatic rings. The van der Waals surface area contributed by atoms with Crippen molar-refractivity contribution < 1.29 is 24.2 Å². The number of rotatable bonds is 6. The highest BCUT2D eigenvalue weighted by atomic mass is 35.5. The zero-order chi connectivity index (χ0) is 26.8. The van der Waals surface area contributed by atoms with Gasteiger partial charge in [-0.2, -0.15) is 0 Å². The Hall–Kier alpha value is -4.55. The summed E-state index contributed by atoms with van der Waals surface area (Å²) in [6.45, 7) is 1.94. The van der Waals surface area contributed by atoms with Gasteiger partial charge in [0.2, 0.25) is 0 Å². The number of aryl methyl sites for hydroxylation is 1. The summed E-state index contributed by atoms with van der Waals surface area (Å²) < 4.78 is 11.2. The zero-order valence-corrected chi connectivity index (χ0v) is 21.5. The number of ether oxygens (including phenoxy) is 2. The van der Waals surface area contributed by atoms with Gasteiger partial charge in [0, 0.05) is 11.3 Å². The highest BCUT2D eigenvalue weighted by Gasteiger charge is 2.47. The summed E-state index contributed by atoms with van der Waals surface area (Å²) in [5.41, 5.74) is 2.38. The molecular formula is C31H24ClNO5. The van der Waals surface area contributed by atoms with Gasteiger partial charge in [0.15, 0.2) is 0 Å². The number of carbonyl (C=O) groups is 2. The Balaban J connectivity index is 1.67. The molecule has 1 N–H and O–H groups in total. The topological polar surface area (TPSA) is 76.1 Å². The van der Waals surface area contributed by atoms with Crippen molar-refractivity contribution in [2.24, 2.45) is 0 Å². The number of aliphatic hydroxyl groups excluding tert-OH is 1. The molecule has 1 fully saturated rings. The number of Topliss-reactive ketones (excluding diaryl/α,β-unsaturated/α-hetero) is 1. The molecule has 1 amide bonds. The largest absolute Gasteiger partial charge is 0.507 e. The van der Waals surface area contributed by atoms with Crippen molar-refractivity contribution in [3.8, 4) is 17.2 Å². The molecular weight excluding hydrogens is 502 g/mol. The number of anilines is 1. The van der Waals surface area contributed by atoms with Crippen molar-refractivity contribution in [2.75, 3.05) is 12.0 Å². The van der Waals surface area contributed by atoms with Gasteiger partial charge in [0.25, 0.3) is 11.7 Å². The molecule has 0 radical (unpaired) electrons. The second-order valence-electron chi connectivity index (χ2n) is 8.84. The summed E-state index contributed by atoms with van der Waals surface area (Å²) in [6, 6.07) is 27.5. The van der Waals surface area contributed by atoms with E-state index >= 15 is 0 Å². The van der Waals surface area contributed by atoms with E-state index in [1.54, 1.807) is 48.5 Å². The number of para-hydroxylation sites is 1. The average Bonchev–Trinajstić information content (AvgIpc) is 3.19. The lowest BCUT2D eigenvalue weighted by atomic mass is 9.95. The van der Waals surface area contributed by atoms with Crippen molar-refractivity contribution in [1.82, 2.24) is 0 Å². The van der Waals surface area contributed by atoms with Crippen LogP contribution in [0.4, 0.5) is 5.69 Å². The van der Waals surface area contributed by atoms with Crippen LogP contribution in [0.1, 0.15) is 22.7 Å². The molecule has 0 bridgehead atoms. The number of hydrogen-bond acceptors (Lipinski definition) is 5. The lowest BCUT2D eigenvalue weighted by Gasteiger charge is -2.26. The summed E-state index contributed by atoms with van der Waals surface area (Å²) in [5, 5.41) is 11.7. The van der Waals surface area contributed by atoms with E-state index in [0.717, 1.165) is 5.56 Å². The minimum atomic E-state index is -0.905. The van der Waals surface area contributed by atoms with Crippen LogP contribution in [0, 0.1) is 6.92 Å². The maximum Gasteiger partial charge on any atom is 0.300 e. The highest BCUT2D eigenvalue weighted by molar-refractivity contribution is 6.51. The van der Waals surface area contributed by atoms with E-state index in [4.69, 9.17) is 21.1 Å². The molecule has 0 saturated carbocycles. The smallest absolute Gasteiger partial charge is 0.300 e. The molecule has 5 rings (SSSR count). The Morgan fingerprint density at radius 3 is 2.26 bits per heavy atom. The Bertz CT molecular complexity index is 1550. The maximum absolute atomic E-state index is 13.4. The Kier molecular flexibility index (Phi) is 6.90. The monoisotopic (exact) mass is 525 g/mol. The van der Waals surface area contributed by atoms with Crippen LogP contribution in [0.25, 0.3) is 5.76 Å². The fraction of sp³-hybridized carbons (Fsp3) is 0.0968. The first-order chi connectivity index (χ1) is 18.4. The van der Waals surface area contributed by atoms with Gasteiger partial charge in [-0.1, -0.05) is 59.6 Å². The number of methoxy groups -OCH3 is 1. The molecule has 1 heterocycles. The van der Waals surface area contributed by atoms with E-state index < -0.39 is 17.7 Å². The van der Waals surface area contributed by atoms with E-state index in [1.165, 1.54) is 18.1 Å². The molecule has 1 saturated heterocycles. The van der Waals surface area contributed by atoms with Crippen LogP contribution < -0.4 is 14.4 Å². The highest BCUT2D eigenvalue weighted by Crippen LogP contribution is 2.43. The summed E-state index contributed by atoms with van der Waals surface area (Å²) in [7, 11) is 1.48. The van der Waals surface area contributed by atoms with Crippen LogP contribution in [0.2, 0.25) is 5.02 Å². The first-order valence-corrected chi connectivity index (χ1v) is 12.3. The first kappa shape index (κ1) is 25.1. The molecule has 0 aliphatic carbocycles. The van der Waals surface area contributed by atoms with Gasteiger partial charge in [-0.3, -0.25) is 14.5 Å². The van der Waals surface area contributed by atoms with Gasteiger partial charge in [-0.25, -0.2) is 0 Å². The van der Waals surface area contributed by atoms with Gasteiger partial charge in [-0.05, 0) is 67.1 Å². The number of hydrogen-bond donors (Lipinski definition) is 1. The minimum absolute atomic E-state index is 0.0475. The molecule has 4 aromatic rings. The van der Waals surface area contributed by atoms with Crippen molar-refractivity contribution in [3.63, 3.8) is 0 Å². The Labute approximate surface area is 225 Å². The quantitative estimate of drug-likeness (QED) is 0.165. The van der Waals surface area contributed by atoms with Gasteiger partial charge < -0.3 is 14.6 Å². The van der Waals surface area contributed by atoms with E-state index in [0.29, 0.717) is 34.1 Å². The lowest BCUT2D eigenvalue weighted by molar-refractivity contribution is -0.132. The third-order valence-electron chi connectivity index (χ3n) is 6.33. The molecule has 7 heteroatoms. The van der Waals surface area contributed by atoms with Crippen LogP contribution in [-0.2, 0) is 9.59 Å². The van der Waals surface area contributed by atoms with Gasteiger partial charge >= 0.3 is 0 Å². The van der Waals surface area contributed by atoms with Crippen molar-refractivity contribution in [1.29, 1.82) is 0 Å². The number of carbonyl (C=O) groups excluding carboxylic acids is 2. The number of ketones is 1. The van der Waals surface area contributed by atoms with Gasteiger partial charge in [0.05, 0.1) is 23.7 Å². The van der Waals surface area contributed by atoms with E-state index in [9.17, 15) is 14.7 Å². The van der Waals surface area contributed by atoms with E-state index in [1.807, 2.05) is 49.4 Å². The number of nitrogens with zero attached hydrogens (tertiary/aromatic N) is 1. The van der Waals surface area contributed by atoms with Gasteiger partial charge in [0.1, 0.15) is 23.0 Å². The van der Waals surface area contributed by atoms with Crippen molar-refractivity contribution >= 4 is 34.7 Å². The molecule has 0 aromatic heterocycles. The van der Waals surface area contributed by atoms with E-state index in [-0.39, 0.29) is 16.4 Å². The second-order valence-corrected chi connectivity index (χ2v) is 9.25. The summed E-state index contributed by atoms with van der Waals surface area (Å²) in [6.07, 6.45) is 0. The number of amides is 1. The zero-order valence-electron chi connectivity index (χ0n) is 20.7. The molecule has 4 aromatic carbocycles. The summed E-state index contributed by atoms with van der Waals surface area (Å²) in [5.74, 6) is -0.280. The third-order valence-corrected chi connectivity index (χ3v) is 6.63. The first-order valence-electron chi connectivity index (χ1n) is 11.9. The fourth-order valence-corrected chi connectivity index (χ4v) is 4.72. The van der Waals surface area contributed by atoms with Crippen LogP contribution in [-0.4, -0.2) is 23.9 Å². The Morgan fingerprint density at radius 2 is 1.58 bits per heavy atom. The standard InChI is InChI=1S/C31H24ClNO5/c1-19-11-14-22(15-12-19)33-28(20-7-6-10-24(17-20)38-23-8-4-3-5-9-23)27(30(35)31(33)36)29(34)21-13-16-26(37-2)25(32)18-21/h3-18,28,34H,1-2H3/b29-27+. The summed E-state index contributed by atoms with van der Waals surface area (Å²) >= 11 is 6.30. The van der Waals surface area contributed by atoms with Crippen molar-refractivity contribution in [2.45, 2.75) is 13.0 Å². The normalized spacial score (nSPS) is 16.5. The molecule has 1 unspecified atom stereocenters. The van der Waals surface area contributed by atoms with Crippen molar-refractivity contribution in [3.05, 3.63) is 124 Å². The lowest BCUT2D eigenvalue weighted by Crippen LogP contribution is -2.29. The van der Waals surface area contributed by atoms with Crippen LogP contribution in [0.3, 0.4) is 0 Å². The minimum Gasteiger partial charge on any atom is -0.507 e. The number of aliphatic hydroxyl groups is 1. The predicted molar refractivity (Wildman–Crippen MR) is 147 cm³/mol. The van der Waals surface area contributed by atoms with Gasteiger partial charge in [-0.15, -0.1) is 0 Å². The summed E-state index contributed by atoms with van der Waals surface area (Å²) in [4.78, 5) is 28.3. The van der Waals surface area contributed by atoms with E-state index in [2.05, 4.69) is 0 Å². The molecule has 6 nitrogen and oxygen atoms in total. The molecule has 1 aliphatic heterocycles. The molecule has 38 heavy (non-hydrogen) atoms. The molecule has 1 atom stereocenters. The van der Waals surface area contributed by atoms with Crippen LogP contribution in [0.5, 0.6) is 17.2 Å².